The van der Waals surface area contributed by atoms with Gasteiger partial charge in [-0.1, -0.05) is 0 Å². The van der Waals surface area contributed by atoms with Crippen LogP contribution in [0.3, 0.4) is 0 Å². The van der Waals surface area contributed by atoms with Gasteiger partial charge >= 0.3 is 0 Å². The Hall–Kier alpha value is -2.56. The van der Waals surface area contributed by atoms with Crippen LogP contribution in [0.4, 0.5) is 0 Å². The fourth-order valence-corrected chi connectivity index (χ4v) is 1.86. The van der Waals surface area contributed by atoms with Gasteiger partial charge in [-0.15, -0.1) is 0 Å². The van der Waals surface area contributed by atoms with Gasteiger partial charge in [0.15, 0.2) is 17.1 Å². The molecule has 2 N–H and O–H groups in total. The minimum absolute atomic E-state index is 0.106. The molecule has 3 rings (SSSR count). The minimum atomic E-state index is 0.106. The third kappa shape index (κ3) is 1.66. The highest BCUT2D eigenvalue weighted by molar-refractivity contribution is 5.80. The zero-order valence-electron chi connectivity index (χ0n) is 9.71. The van der Waals surface area contributed by atoms with Crippen molar-refractivity contribution in [1.82, 2.24) is 15.0 Å². The number of fused-ring (bicyclic) bond motifs is 1. The summed E-state index contributed by atoms with van der Waals surface area (Å²) < 4.78 is 5.01. The third-order valence-corrected chi connectivity index (χ3v) is 2.75. The number of nitrogens with one attached hydrogen (secondary N) is 1. The Labute approximate surface area is 103 Å². The van der Waals surface area contributed by atoms with Gasteiger partial charge in [-0.3, -0.25) is 4.98 Å². The number of nitrogens with zero attached hydrogens (tertiary/aromatic N) is 2. The number of benzene rings is 1. The van der Waals surface area contributed by atoms with E-state index in [0.29, 0.717) is 5.75 Å². The summed E-state index contributed by atoms with van der Waals surface area (Å²) in [5.41, 5.74) is 3.23. The van der Waals surface area contributed by atoms with Crippen LogP contribution in [-0.2, 0) is 0 Å². The summed E-state index contributed by atoms with van der Waals surface area (Å²) in [6.07, 6.45) is 3.28. The number of aromatic nitrogens is 3. The molecule has 0 radical (unpaired) electrons. The number of rotatable bonds is 2. The quantitative estimate of drug-likeness (QED) is 0.722. The number of hydrogen-bond acceptors (Lipinski definition) is 4. The first-order chi connectivity index (χ1) is 8.78. The van der Waals surface area contributed by atoms with Crippen molar-refractivity contribution >= 4 is 11.2 Å². The number of aromatic hydroxyl groups is 1. The Kier molecular flexibility index (Phi) is 2.37. The molecule has 18 heavy (non-hydrogen) atoms. The molecule has 0 aliphatic rings. The Morgan fingerprint density at radius 2 is 2.00 bits per heavy atom. The molecule has 0 unspecified atom stereocenters. The van der Waals surface area contributed by atoms with E-state index < -0.39 is 0 Å². The zero-order chi connectivity index (χ0) is 12.5. The molecule has 0 bridgehead atoms. The molecule has 90 valence electrons. The molecule has 0 aliphatic heterocycles. The highest BCUT2D eigenvalue weighted by Gasteiger charge is 2.07. The molecule has 0 saturated carbocycles. The van der Waals surface area contributed by atoms with E-state index in [-0.39, 0.29) is 5.75 Å². The number of phenols is 1. The van der Waals surface area contributed by atoms with Gasteiger partial charge in [0, 0.05) is 23.7 Å². The molecule has 0 spiro atoms. The maximum absolute atomic E-state index is 9.76. The van der Waals surface area contributed by atoms with E-state index in [2.05, 4.69) is 15.0 Å². The van der Waals surface area contributed by atoms with E-state index in [1.165, 1.54) is 7.11 Å². The summed E-state index contributed by atoms with van der Waals surface area (Å²) >= 11 is 0. The predicted molar refractivity (Wildman–Crippen MR) is 67.5 cm³/mol. The van der Waals surface area contributed by atoms with Crippen LogP contribution in [0.5, 0.6) is 11.5 Å². The summed E-state index contributed by atoms with van der Waals surface area (Å²) in [5, 5.41) is 9.76. The average molecular weight is 241 g/mol. The normalized spacial score (nSPS) is 10.7. The Morgan fingerprint density at radius 3 is 2.72 bits per heavy atom. The monoisotopic (exact) mass is 241 g/mol. The van der Waals surface area contributed by atoms with Crippen molar-refractivity contribution in [3.8, 4) is 22.8 Å². The summed E-state index contributed by atoms with van der Waals surface area (Å²) in [6, 6.07) is 7.12. The smallest absolute Gasteiger partial charge is 0.160 e. The first-order valence-corrected chi connectivity index (χ1v) is 5.45. The molecule has 0 fully saturated rings. The van der Waals surface area contributed by atoms with Crippen molar-refractivity contribution in [2.75, 3.05) is 7.11 Å². The number of H-pyrrole nitrogens is 1. The molecular weight excluding hydrogens is 230 g/mol. The first-order valence-electron chi connectivity index (χ1n) is 5.45. The number of ether oxygens (including phenoxy) is 1. The van der Waals surface area contributed by atoms with Crippen LogP contribution in [0.25, 0.3) is 22.4 Å². The molecule has 5 heteroatoms. The fourth-order valence-electron chi connectivity index (χ4n) is 1.86. The van der Waals surface area contributed by atoms with E-state index in [1.54, 1.807) is 24.5 Å². The largest absolute Gasteiger partial charge is 0.504 e. The molecule has 3 aromatic rings. The summed E-state index contributed by atoms with van der Waals surface area (Å²) in [5.74, 6) is 0.556. The summed E-state index contributed by atoms with van der Waals surface area (Å²) in [7, 11) is 1.52. The highest BCUT2D eigenvalue weighted by Crippen LogP contribution is 2.31. The van der Waals surface area contributed by atoms with Crippen molar-refractivity contribution in [3.05, 3.63) is 36.7 Å². The summed E-state index contributed by atoms with van der Waals surface area (Å²) in [4.78, 5) is 11.5. The molecule has 5 nitrogen and oxygen atoms in total. The summed E-state index contributed by atoms with van der Waals surface area (Å²) in [6.45, 7) is 0. The van der Waals surface area contributed by atoms with Crippen LogP contribution in [-0.4, -0.2) is 27.2 Å². The maximum Gasteiger partial charge on any atom is 0.160 e. The van der Waals surface area contributed by atoms with Gasteiger partial charge in [0.2, 0.25) is 0 Å². The van der Waals surface area contributed by atoms with E-state index >= 15 is 0 Å². The molecule has 0 saturated heterocycles. The number of aromatic amines is 1. The van der Waals surface area contributed by atoms with Crippen molar-refractivity contribution in [2.24, 2.45) is 0 Å². The fraction of sp³-hybridized carbons (Fsp3) is 0.0769. The van der Waals surface area contributed by atoms with Crippen LogP contribution < -0.4 is 4.74 Å². The van der Waals surface area contributed by atoms with Crippen LogP contribution in [0.15, 0.2) is 36.7 Å². The molecular formula is C13H11N3O2. The Balaban J connectivity index is 2.11. The first kappa shape index (κ1) is 10.6. The van der Waals surface area contributed by atoms with Crippen LogP contribution in [0.2, 0.25) is 0 Å². The number of methoxy groups -OCH3 is 1. The van der Waals surface area contributed by atoms with Crippen molar-refractivity contribution in [3.63, 3.8) is 0 Å². The van der Waals surface area contributed by atoms with Crippen LogP contribution in [0.1, 0.15) is 0 Å². The second-order valence-corrected chi connectivity index (χ2v) is 3.86. The number of hydrogen-bond donors (Lipinski definition) is 2. The predicted octanol–water partition coefficient (Wildman–Crippen LogP) is 2.34. The lowest BCUT2D eigenvalue weighted by Crippen LogP contribution is -1.84. The van der Waals surface area contributed by atoms with Gasteiger partial charge < -0.3 is 14.8 Å². The van der Waals surface area contributed by atoms with Gasteiger partial charge in [0.1, 0.15) is 5.52 Å². The van der Waals surface area contributed by atoms with Crippen molar-refractivity contribution in [2.45, 2.75) is 0 Å². The lowest BCUT2D eigenvalue weighted by molar-refractivity contribution is 0.373. The molecule has 0 amide bonds. The van der Waals surface area contributed by atoms with Gasteiger partial charge in [0.05, 0.1) is 7.11 Å². The highest BCUT2D eigenvalue weighted by atomic mass is 16.5. The zero-order valence-corrected chi connectivity index (χ0v) is 9.71. The second kappa shape index (κ2) is 4.03. The van der Waals surface area contributed by atoms with Crippen LogP contribution in [0, 0.1) is 0 Å². The SMILES string of the molecule is COc1ccc(-c2cc3nccnc3[nH]2)cc1O. The maximum atomic E-state index is 9.76. The van der Waals surface area contributed by atoms with E-state index in [1.807, 2.05) is 12.1 Å². The van der Waals surface area contributed by atoms with Crippen molar-refractivity contribution < 1.29 is 9.84 Å². The molecule has 2 aromatic heterocycles. The second-order valence-electron chi connectivity index (χ2n) is 3.86. The topological polar surface area (TPSA) is 71.0 Å². The molecule has 0 aliphatic carbocycles. The third-order valence-electron chi connectivity index (χ3n) is 2.75. The Bertz CT molecular complexity index is 673. The van der Waals surface area contributed by atoms with Gasteiger partial charge in [-0.05, 0) is 24.3 Å². The molecule has 2 heterocycles. The standard InChI is InChI=1S/C13H11N3O2/c1-18-12-3-2-8(6-11(12)17)9-7-10-13(16-9)15-5-4-14-10/h2-7,17H,1H3,(H,15,16). The lowest BCUT2D eigenvalue weighted by Gasteiger charge is -2.04. The minimum Gasteiger partial charge on any atom is -0.504 e. The van der Waals surface area contributed by atoms with Crippen molar-refractivity contribution in [1.29, 1.82) is 0 Å². The van der Waals surface area contributed by atoms with E-state index in [0.717, 1.165) is 22.4 Å². The average Bonchev–Trinajstić information content (AvgIpc) is 2.82. The lowest BCUT2D eigenvalue weighted by atomic mass is 10.1. The van der Waals surface area contributed by atoms with Gasteiger partial charge in [-0.2, -0.15) is 0 Å². The van der Waals surface area contributed by atoms with E-state index in [9.17, 15) is 5.11 Å². The Morgan fingerprint density at radius 1 is 1.17 bits per heavy atom. The molecule has 1 aromatic carbocycles. The molecule has 0 atom stereocenters. The van der Waals surface area contributed by atoms with Gasteiger partial charge in [0.25, 0.3) is 0 Å². The van der Waals surface area contributed by atoms with Gasteiger partial charge in [-0.25, -0.2) is 4.98 Å². The number of phenolic OH excluding ortho intramolecular Hbond substituents is 1. The van der Waals surface area contributed by atoms with E-state index in [4.69, 9.17) is 4.74 Å². The van der Waals surface area contributed by atoms with Crippen LogP contribution >= 0.6 is 0 Å².